The molecule has 0 spiro atoms. The van der Waals surface area contributed by atoms with Gasteiger partial charge in [0.2, 0.25) is 5.95 Å². The zero-order valence-corrected chi connectivity index (χ0v) is 16.4. The highest BCUT2D eigenvalue weighted by molar-refractivity contribution is 6.14. The number of Topliss-reactive ketones (excluding diaryl/α,β-unsaturated/α-hetero) is 1. The SMILES string of the molecule is COC(=O)C1=C(C(=O)c2ccc(F)cc2)[C@H](c2ccc(O)c(OC)c2)n2nnnc2N1. The van der Waals surface area contributed by atoms with Gasteiger partial charge in [0.25, 0.3) is 0 Å². The molecule has 2 heterocycles. The lowest BCUT2D eigenvalue weighted by Gasteiger charge is -2.28. The van der Waals surface area contributed by atoms with Gasteiger partial charge in [0, 0.05) is 5.56 Å². The number of anilines is 1. The van der Waals surface area contributed by atoms with Gasteiger partial charge in [-0.2, -0.15) is 4.68 Å². The molecule has 1 aliphatic rings. The van der Waals surface area contributed by atoms with E-state index in [0.29, 0.717) is 5.56 Å². The number of nitrogens with one attached hydrogen (secondary N) is 1. The van der Waals surface area contributed by atoms with Gasteiger partial charge in [-0.25, -0.2) is 9.18 Å². The molecule has 0 amide bonds. The third kappa shape index (κ3) is 3.45. The van der Waals surface area contributed by atoms with Crippen molar-refractivity contribution in [2.75, 3.05) is 19.5 Å². The summed E-state index contributed by atoms with van der Waals surface area (Å²) < 4.78 is 24.7. The van der Waals surface area contributed by atoms with E-state index in [2.05, 4.69) is 20.8 Å². The van der Waals surface area contributed by atoms with Crippen LogP contribution in [0.15, 0.2) is 53.7 Å². The number of rotatable bonds is 5. The quantitative estimate of drug-likeness (QED) is 0.465. The highest BCUT2D eigenvalue weighted by atomic mass is 19.1. The first-order valence-corrected chi connectivity index (χ1v) is 8.99. The summed E-state index contributed by atoms with van der Waals surface area (Å²) in [7, 11) is 2.55. The van der Waals surface area contributed by atoms with E-state index in [4.69, 9.17) is 9.47 Å². The molecular weight excluding hydrogens is 409 g/mol. The Labute approximate surface area is 174 Å². The molecule has 1 atom stereocenters. The van der Waals surface area contributed by atoms with Crippen LogP contribution in [0.4, 0.5) is 10.3 Å². The molecule has 0 aliphatic carbocycles. The van der Waals surface area contributed by atoms with Gasteiger partial charge in [-0.1, -0.05) is 11.2 Å². The van der Waals surface area contributed by atoms with Gasteiger partial charge in [-0.15, -0.1) is 0 Å². The maximum absolute atomic E-state index is 13.5. The standard InChI is InChI=1S/C20H16FN5O5/c1-30-14-9-11(5-8-13(14)27)17-15(18(28)10-3-6-12(21)7-4-10)16(19(29)31-2)22-20-23-24-25-26(17)20/h3-9,17,27H,1-2H3,(H,22,23,25)/t17-/m0/s1. The molecule has 2 N–H and O–H groups in total. The Bertz CT molecular complexity index is 1200. The van der Waals surface area contributed by atoms with Crippen LogP contribution in [0.25, 0.3) is 0 Å². The highest BCUT2D eigenvalue weighted by Crippen LogP contribution is 2.39. The molecule has 0 saturated carbocycles. The number of phenolic OH excluding ortho intramolecular Hbond substituents is 1. The van der Waals surface area contributed by atoms with Gasteiger partial charge in [0.15, 0.2) is 17.3 Å². The lowest BCUT2D eigenvalue weighted by Crippen LogP contribution is -2.33. The van der Waals surface area contributed by atoms with Crippen LogP contribution in [-0.4, -0.2) is 51.3 Å². The number of benzene rings is 2. The Hall–Kier alpha value is -4.28. The molecule has 31 heavy (non-hydrogen) atoms. The Morgan fingerprint density at radius 1 is 1.16 bits per heavy atom. The van der Waals surface area contributed by atoms with E-state index in [9.17, 15) is 19.1 Å². The van der Waals surface area contributed by atoms with Crippen LogP contribution in [-0.2, 0) is 9.53 Å². The summed E-state index contributed by atoms with van der Waals surface area (Å²) in [6, 6.07) is 8.37. The number of esters is 1. The summed E-state index contributed by atoms with van der Waals surface area (Å²) in [6.45, 7) is 0. The van der Waals surface area contributed by atoms with E-state index in [1.165, 1.54) is 43.2 Å². The van der Waals surface area contributed by atoms with Gasteiger partial charge >= 0.3 is 5.97 Å². The molecular formula is C20H16FN5O5. The second-order valence-electron chi connectivity index (χ2n) is 6.52. The number of methoxy groups -OCH3 is 2. The van der Waals surface area contributed by atoms with Crippen molar-refractivity contribution in [1.82, 2.24) is 20.2 Å². The smallest absolute Gasteiger partial charge is 0.355 e. The number of halogens is 1. The van der Waals surface area contributed by atoms with E-state index < -0.39 is 23.6 Å². The van der Waals surface area contributed by atoms with Crippen LogP contribution < -0.4 is 10.1 Å². The number of aromatic nitrogens is 4. The monoisotopic (exact) mass is 425 g/mol. The van der Waals surface area contributed by atoms with Crippen molar-refractivity contribution in [2.24, 2.45) is 0 Å². The van der Waals surface area contributed by atoms with Crippen molar-refractivity contribution in [3.63, 3.8) is 0 Å². The van der Waals surface area contributed by atoms with Gasteiger partial charge < -0.3 is 19.9 Å². The average Bonchev–Trinajstić information content (AvgIpc) is 3.26. The Balaban J connectivity index is 1.96. The molecule has 0 unspecified atom stereocenters. The molecule has 0 fully saturated rings. The molecule has 158 valence electrons. The second kappa shape index (κ2) is 7.86. The maximum atomic E-state index is 13.5. The van der Waals surface area contributed by atoms with E-state index in [-0.39, 0.29) is 34.3 Å². The molecule has 10 nitrogen and oxygen atoms in total. The fourth-order valence-electron chi connectivity index (χ4n) is 3.32. The predicted octanol–water partition coefficient (Wildman–Crippen LogP) is 1.85. The lowest BCUT2D eigenvalue weighted by atomic mass is 9.89. The van der Waals surface area contributed by atoms with E-state index in [1.807, 2.05) is 0 Å². The normalized spacial score (nSPS) is 15.1. The van der Waals surface area contributed by atoms with Gasteiger partial charge in [-0.05, 0) is 52.4 Å². The van der Waals surface area contributed by atoms with Gasteiger partial charge in [-0.3, -0.25) is 4.79 Å². The topological polar surface area (TPSA) is 128 Å². The van der Waals surface area contributed by atoms with Crippen molar-refractivity contribution in [2.45, 2.75) is 6.04 Å². The molecule has 0 saturated heterocycles. The number of phenols is 1. The number of hydrogen-bond acceptors (Lipinski definition) is 9. The number of nitrogens with zero attached hydrogens (tertiary/aromatic N) is 4. The average molecular weight is 425 g/mol. The molecule has 1 aromatic heterocycles. The van der Waals surface area contributed by atoms with E-state index in [0.717, 1.165) is 12.1 Å². The number of carbonyl (C=O) groups is 2. The Kier molecular flexibility index (Phi) is 5.07. The van der Waals surface area contributed by atoms with Crippen LogP contribution in [0.5, 0.6) is 11.5 Å². The summed E-state index contributed by atoms with van der Waals surface area (Å²) in [5, 5.41) is 24.1. The molecule has 3 aromatic rings. The summed E-state index contributed by atoms with van der Waals surface area (Å²) in [4.78, 5) is 26.0. The van der Waals surface area contributed by atoms with Gasteiger partial charge in [0.05, 0.1) is 19.8 Å². The van der Waals surface area contributed by atoms with Crippen molar-refractivity contribution >= 4 is 17.7 Å². The number of allylic oxidation sites excluding steroid dienone is 1. The third-order valence-electron chi connectivity index (χ3n) is 4.78. The summed E-state index contributed by atoms with van der Waals surface area (Å²) in [5.41, 5.74) is 0.422. The Morgan fingerprint density at radius 3 is 2.58 bits per heavy atom. The van der Waals surface area contributed by atoms with Gasteiger partial charge in [0.1, 0.15) is 17.6 Å². The summed E-state index contributed by atoms with van der Waals surface area (Å²) >= 11 is 0. The highest BCUT2D eigenvalue weighted by Gasteiger charge is 2.38. The second-order valence-corrected chi connectivity index (χ2v) is 6.52. The van der Waals surface area contributed by atoms with Crippen LogP contribution >= 0.6 is 0 Å². The largest absolute Gasteiger partial charge is 0.504 e. The fraction of sp³-hybridized carbons (Fsp3) is 0.150. The number of fused-ring (bicyclic) bond motifs is 1. The molecule has 4 rings (SSSR count). The number of carbonyl (C=O) groups excluding carboxylic acids is 2. The number of tetrazole rings is 1. The van der Waals surface area contributed by atoms with Crippen molar-refractivity contribution < 1.29 is 28.6 Å². The first-order valence-electron chi connectivity index (χ1n) is 8.99. The van der Waals surface area contributed by atoms with E-state index >= 15 is 0 Å². The minimum Gasteiger partial charge on any atom is -0.504 e. The molecule has 11 heteroatoms. The minimum atomic E-state index is -0.965. The maximum Gasteiger partial charge on any atom is 0.355 e. The number of aromatic hydroxyl groups is 1. The van der Waals surface area contributed by atoms with Crippen molar-refractivity contribution in [3.05, 3.63) is 70.7 Å². The fourth-order valence-corrected chi connectivity index (χ4v) is 3.32. The number of ketones is 1. The number of hydrogen-bond donors (Lipinski definition) is 2. The zero-order chi connectivity index (χ0) is 22.1. The summed E-state index contributed by atoms with van der Waals surface area (Å²) in [6.07, 6.45) is 0. The first-order chi connectivity index (χ1) is 14.9. The molecule has 1 aliphatic heterocycles. The Morgan fingerprint density at radius 2 is 1.90 bits per heavy atom. The lowest BCUT2D eigenvalue weighted by molar-refractivity contribution is -0.136. The first kappa shape index (κ1) is 20.0. The van der Waals surface area contributed by atoms with Crippen molar-refractivity contribution in [1.29, 1.82) is 0 Å². The van der Waals surface area contributed by atoms with Crippen LogP contribution in [0, 0.1) is 5.82 Å². The van der Waals surface area contributed by atoms with Crippen LogP contribution in [0.1, 0.15) is 22.0 Å². The number of ether oxygens (including phenoxy) is 2. The molecule has 0 radical (unpaired) electrons. The minimum absolute atomic E-state index is 0.0222. The van der Waals surface area contributed by atoms with Crippen LogP contribution in [0.2, 0.25) is 0 Å². The zero-order valence-electron chi connectivity index (χ0n) is 16.4. The van der Waals surface area contributed by atoms with Crippen molar-refractivity contribution in [3.8, 4) is 11.5 Å². The van der Waals surface area contributed by atoms with Crippen LogP contribution in [0.3, 0.4) is 0 Å². The predicted molar refractivity (Wildman–Crippen MR) is 104 cm³/mol. The van der Waals surface area contributed by atoms with E-state index in [1.54, 1.807) is 6.07 Å². The third-order valence-corrected chi connectivity index (χ3v) is 4.78. The molecule has 2 aromatic carbocycles. The summed E-state index contributed by atoms with van der Waals surface area (Å²) in [5.74, 6) is -1.74. The molecule has 0 bridgehead atoms.